The van der Waals surface area contributed by atoms with E-state index in [0.717, 1.165) is 14.8 Å². The van der Waals surface area contributed by atoms with Gasteiger partial charge in [0.15, 0.2) is 0 Å². The minimum atomic E-state index is 0.243. The van der Waals surface area contributed by atoms with Crippen LogP contribution in [0.25, 0.3) is 0 Å². The van der Waals surface area contributed by atoms with E-state index in [2.05, 4.69) is 70.9 Å². The lowest BCUT2D eigenvalue weighted by molar-refractivity contribution is 0.267. The smallest absolute Gasteiger partial charge is 0.0843 e. The van der Waals surface area contributed by atoms with Crippen molar-refractivity contribution >= 4 is 43.2 Å². The van der Waals surface area contributed by atoms with Gasteiger partial charge in [-0.05, 0) is 62.2 Å². The van der Waals surface area contributed by atoms with E-state index >= 15 is 0 Å². The summed E-state index contributed by atoms with van der Waals surface area (Å²) >= 11 is 8.82. The second-order valence-electron chi connectivity index (χ2n) is 5.62. The third-order valence-electron chi connectivity index (χ3n) is 3.56. The first-order chi connectivity index (χ1) is 8.86. The highest BCUT2D eigenvalue weighted by molar-refractivity contribution is 9.13. The quantitative estimate of drug-likeness (QED) is 0.676. The minimum Gasteiger partial charge on any atom is -0.329 e. The van der Waals surface area contributed by atoms with Gasteiger partial charge in [-0.3, -0.25) is 0 Å². The molecule has 0 aromatic carbocycles. The van der Waals surface area contributed by atoms with Crippen LogP contribution in [0.15, 0.2) is 14.3 Å². The topological polar surface area (TPSA) is 38.0 Å². The van der Waals surface area contributed by atoms with Gasteiger partial charge in [-0.1, -0.05) is 27.7 Å². The molecule has 1 aromatic rings. The lowest BCUT2D eigenvalue weighted by Crippen LogP contribution is -2.35. The molecule has 1 rings (SSSR count). The maximum Gasteiger partial charge on any atom is 0.0843 e. The molecule has 0 fully saturated rings. The Bertz CT molecular complexity index is 363. The van der Waals surface area contributed by atoms with Crippen molar-refractivity contribution in [2.75, 3.05) is 13.1 Å². The van der Waals surface area contributed by atoms with E-state index in [1.807, 2.05) is 0 Å². The molecule has 0 radical (unpaired) electrons. The summed E-state index contributed by atoms with van der Waals surface area (Å²) in [5.74, 6) is 2.06. The van der Waals surface area contributed by atoms with Gasteiger partial charge in [0.05, 0.1) is 9.83 Å². The third kappa shape index (κ3) is 5.12. The molecule has 1 atom stereocenters. The van der Waals surface area contributed by atoms with Gasteiger partial charge in [0.1, 0.15) is 0 Å². The van der Waals surface area contributed by atoms with Crippen molar-refractivity contribution in [3.05, 3.63) is 19.2 Å². The van der Waals surface area contributed by atoms with Gasteiger partial charge in [0.25, 0.3) is 0 Å². The Kier molecular flexibility index (Phi) is 7.54. The van der Waals surface area contributed by atoms with E-state index in [4.69, 9.17) is 5.73 Å². The summed E-state index contributed by atoms with van der Waals surface area (Å²) in [7, 11) is 0. The number of rotatable bonds is 7. The van der Waals surface area contributed by atoms with Crippen molar-refractivity contribution in [3.63, 3.8) is 0 Å². The lowest BCUT2D eigenvalue weighted by Gasteiger charge is -2.27. The standard InChI is InChI=1S/C14H24Br2N2S/c1-8(2)10(9(3)4)7-18-12(6-17)13-5-11(15)14(16)19-13/h5,8-10,12,18H,6-7,17H2,1-4H3. The molecule has 19 heavy (non-hydrogen) atoms. The van der Waals surface area contributed by atoms with E-state index in [9.17, 15) is 0 Å². The molecule has 1 aromatic heterocycles. The number of hydrogen-bond acceptors (Lipinski definition) is 3. The number of nitrogens with one attached hydrogen (secondary N) is 1. The molecule has 1 heterocycles. The summed E-state index contributed by atoms with van der Waals surface area (Å²) in [5.41, 5.74) is 5.92. The number of hydrogen-bond donors (Lipinski definition) is 2. The summed E-state index contributed by atoms with van der Waals surface area (Å²) in [5, 5.41) is 3.63. The van der Waals surface area contributed by atoms with E-state index < -0.39 is 0 Å². The van der Waals surface area contributed by atoms with Crippen molar-refractivity contribution in [1.82, 2.24) is 5.32 Å². The van der Waals surface area contributed by atoms with Crippen LogP contribution in [0.4, 0.5) is 0 Å². The fourth-order valence-corrected chi connectivity index (χ4v) is 4.53. The first-order valence-electron chi connectivity index (χ1n) is 6.75. The Morgan fingerprint density at radius 2 is 1.79 bits per heavy atom. The Hall–Kier alpha value is 0.580. The van der Waals surface area contributed by atoms with E-state index in [1.165, 1.54) is 4.88 Å². The molecule has 3 N–H and O–H groups in total. The lowest BCUT2D eigenvalue weighted by atomic mass is 9.85. The Morgan fingerprint density at radius 1 is 1.21 bits per heavy atom. The van der Waals surface area contributed by atoms with Crippen LogP contribution < -0.4 is 11.1 Å². The molecule has 0 aliphatic rings. The number of halogens is 2. The molecule has 110 valence electrons. The summed E-state index contributed by atoms with van der Waals surface area (Å²) in [6.45, 7) is 10.8. The maximum absolute atomic E-state index is 5.92. The van der Waals surface area contributed by atoms with Gasteiger partial charge < -0.3 is 11.1 Å². The predicted molar refractivity (Wildman–Crippen MR) is 92.7 cm³/mol. The molecule has 0 aliphatic carbocycles. The van der Waals surface area contributed by atoms with Crippen LogP contribution in [0.3, 0.4) is 0 Å². The first kappa shape index (κ1) is 17.6. The predicted octanol–water partition coefficient (Wildman–Crippen LogP) is 4.79. The normalized spacial score (nSPS) is 13.8. The van der Waals surface area contributed by atoms with Gasteiger partial charge in [-0.2, -0.15) is 0 Å². The Morgan fingerprint density at radius 3 is 2.16 bits per heavy atom. The molecule has 2 nitrogen and oxygen atoms in total. The van der Waals surface area contributed by atoms with Crippen LogP contribution in [0, 0.1) is 17.8 Å². The zero-order valence-electron chi connectivity index (χ0n) is 12.0. The van der Waals surface area contributed by atoms with Crippen LogP contribution in [-0.2, 0) is 0 Å². The van der Waals surface area contributed by atoms with Gasteiger partial charge in [-0.25, -0.2) is 0 Å². The van der Waals surface area contributed by atoms with Gasteiger partial charge in [0, 0.05) is 15.9 Å². The summed E-state index contributed by atoms with van der Waals surface area (Å²) in [6.07, 6.45) is 0. The molecule has 0 bridgehead atoms. The third-order valence-corrected chi connectivity index (χ3v) is 6.93. The van der Waals surface area contributed by atoms with Crippen molar-refractivity contribution in [3.8, 4) is 0 Å². The molecule has 0 saturated heterocycles. The number of thiophene rings is 1. The minimum absolute atomic E-state index is 0.243. The van der Waals surface area contributed by atoms with Crippen LogP contribution in [0.1, 0.15) is 38.6 Å². The van der Waals surface area contributed by atoms with Crippen LogP contribution in [0.5, 0.6) is 0 Å². The summed E-state index contributed by atoms with van der Waals surface area (Å²) in [4.78, 5) is 1.28. The molecular weight excluding hydrogens is 388 g/mol. The first-order valence-corrected chi connectivity index (χ1v) is 9.15. The largest absolute Gasteiger partial charge is 0.329 e. The molecule has 1 unspecified atom stereocenters. The molecule has 0 aliphatic heterocycles. The van der Waals surface area contributed by atoms with Gasteiger partial charge >= 0.3 is 0 Å². The van der Waals surface area contributed by atoms with Crippen LogP contribution >= 0.6 is 43.2 Å². The Balaban J connectivity index is 2.67. The summed E-state index contributed by atoms with van der Waals surface area (Å²) in [6, 6.07) is 2.39. The van der Waals surface area contributed by atoms with Crippen LogP contribution in [-0.4, -0.2) is 13.1 Å². The maximum atomic E-state index is 5.92. The van der Waals surface area contributed by atoms with Crippen LogP contribution in [0.2, 0.25) is 0 Å². The SMILES string of the molecule is CC(C)C(CNC(CN)c1cc(Br)c(Br)s1)C(C)C. The zero-order chi connectivity index (χ0) is 14.6. The molecule has 0 saturated carbocycles. The fourth-order valence-electron chi connectivity index (χ4n) is 2.35. The van der Waals surface area contributed by atoms with E-state index in [1.54, 1.807) is 11.3 Å². The van der Waals surface area contributed by atoms with Gasteiger partial charge in [0.2, 0.25) is 0 Å². The second-order valence-corrected chi connectivity index (χ2v) is 8.87. The molecular formula is C14H24Br2N2S. The van der Waals surface area contributed by atoms with Gasteiger partial charge in [-0.15, -0.1) is 11.3 Å². The Labute approximate surface area is 137 Å². The second kappa shape index (κ2) is 8.13. The average Bonchev–Trinajstić information content (AvgIpc) is 2.64. The van der Waals surface area contributed by atoms with Crippen molar-refractivity contribution in [1.29, 1.82) is 0 Å². The monoisotopic (exact) mass is 410 g/mol. The molecule has 0 amide bonds. The highest BCUT2D eigenvalue weighted by Crippen LogP contribution is 2.35. The van der Waals surface area contributed by atoms with E-state index in [0.29, 0.717) is 24.3 Å². The van der Waals surface area contributed by atoms with Crippen molar-refractivity contribution in [2.45, 2.75) is 33.7 Å². The van der Waals surface area contributed by atoms with Crippen molar-refractivity contribution in [2.24, 2.45) is 23.5 Å². The summed E-state index contributed by atoms with van der Waals surface area (Å²) < 4.78 is 2.24. The average molecular weight is 412 g/mol. The fraction of sp³-hybridized carbons (Fsp3) is 0.714. The zero-order valence-corrected chi connectivity index (χ0v) is 16.0. The molecule has 0 spiro atoms. The van der Waals surface area contributed by atoms with E-state index in [-0.39, 0.29) is 6.04 Å². The highest BCUT2D eigenvalue weighted by atomic mass is 79.9. The highest BCUT2D eigenvalue weighted by Gasteiger charge is 2.20. The molecule has 5 heteroatoms. The van der Waals surface area contributed by atoms with Crippen molar-refractivity contribution < 1.29 is 0 Å². The number of nitrogens with two attached hydrogens (primary N) is 1.